The van der Waals surface area contributed by atoms with E-state index in [2.05, 4.69) is 28.3 Å². The standard InChI is InChI=1S/C25H20N4OS2/c1-14-10-11-15-21(12-14)32-25(22(15)24-28-18-8-4-5-9-20(18)31-24)29-23(30)19-13-26-16-6-2-3-7-17(16)27-19/h2-9,13-14H,10-12H2,1H3,(H,29,30). The van der Waals surface area contributed by atoms with Crippen molar-refractivity contribution in [2.75, 3.05) is 5.32 Å². The molecule has 1 aliphatic rings. The third-order valence-electron chi connectivity index (χ3n) is 5.93. The number of nitrogens with zero attached hydrogens (tertiary/aromatic N) is 3. The van der Waals surface area contributed by atoms with E-state index >= 15 is 0 Å². The Morgan fingerprint density at radius 3 is 2.62 bits per heavy atom. The SMILES string of the molecule is CC1CCc2c(sc(NC(=O)c3cnc4ccccc4n3)c2-c2nc3ccccc3s2)C1. The molecule has 0 spiro atoms. The highest BCUT2D eigenvalue weighted by atomic mass is 32.1. The van der Waals surface area contributed by atoms with Gasteiger partial charge in [-0.1, -0.05) is 31.2 Å². The molecule has 7 heteroatoms. The normalized spacial score (nSPS) is 15.7. The lowest BCUT2D eigenvalue weighted by molar-refractivity contribution is 0.102. The van der Waals surface area contributed by atoms with Gasteiger partial charge in [0.05, 0.1) is 27.4 Å². The molecule has 1 unspecified atom stereocenters. The maximum Gasteiger partial charge on any atom is 0.276 e. The van der Waals surface area contributed by atoms with E-state index in [1.54, 1.807) is 28.9 Å². The van der Waals surface area contributed by atoms with Crippen LogP contribution in [-0.2, 0) is 12.8 Å². The summed E-state index contributed by atoms with van der Waals surface area (Å²) >= 11 is 3.37. The largest absolute Gasteiger partial charge is 0.312 e. The van der Waals surface area contributed by atoms with Crippen molar-refractivity contribution in [1.82, 2.24) is 15.0 Å². The highest BCUT2D eigenvalue weighted by molar-refractivity contribution is 7.23. The summed E-state index contributed by atoms with van der Waals surface area (Å²) in [4.78, 5) is 28.4. The number of para-hydroxylation sites is 3. The summed E-state index contributed by atoms with van der Waals surface area (Å²) in [5, 5.41) is 4.98. The van der Waals surface area contributed by atoms with Crippen LogP contribution in [0.1, 0.15) is 34.3 Å². The Labute approximate surface area is 193 Å². The molecule has 2 aromatic carbocycles. The molecule has 5 aromatic rings. The molecule has 0 saturated heterocycles. The third-order valence-corrected chi connectivity index (χ3v) is 8.15. The average molecular weight is 457 g/mol. The number of carbonyl (C=O) groups is 1. The van der Waals surface area contributed by atoms with Crippen molar-refractivity contribution in [3.05, 3.63) is 70.9 Å². The van der Waals surface area contributed by atoms with Crippen molar-refractivity contribution >= 4 is 54.8 Å². The highest BCUT2D eigenvalue weighted by Gasteiger charge is 2.27. The van der Waals surface area contributed by atoms with E-state index in [1.165, 1.54) is 10.4 Å². The first kappa shape index (κ1) is 19.5. The second-order valence-electron chi connectivity index (χ2n) is 8.24. The van der Waals surface area contributed by atoms with E-state index in [0.717, 1.165) is 50.6 Å². The van der Waals surface area contributed by atoms with Gasteiger partial charge in [-0.3, -0.25) is 9.78 Å². The first-order valence-electron chi connectivity index (χ1n) is 10.7. The molecular weight excluding hydrogens is 436 g/mol. The van der Waals surface area contributed by atoms with Crippen LogP contribution < -0.4 is 5.32 Å². The van der Waals surface area contributed by atoms with Crippen LogP contribution >= 0.6 is 22.7 Å². The van der Waals surface area contributed by atoms with E-state index in [4.69, 9.17) is 4.98 Å². The predicted molar refractivity (Wildman–Crippen MR) is 132 cm³/mol. The lowest BCUT2D eigenvalue weighted by Crippen LogP contribution is -2.14. The van der Waals surface area contributed by atoms with Crippen molar-refractivity contribution in [2.24, 2.45) is 5.92 Å². The monoisotopic (exact) mass is 456 g/mol. The van der Waals surface area contributed by atoms with E-state index < -0.39 is 0 Å². The summed E-state index contributed by atoms with van der Waals surface area (Å²) in [5.74, 6) is 0.413. The molecule has 5 nitrogen and oxygen atoms in total. The Balaban J connectivity index is 1.43. The second-order valence-corrected chi connectivity index (χ2v) is 10.4. The number of benzene rings is 2. The first-order valence-corrected chi connectivity index (χ1v) is 12.3. The Bertz CT molecular complexity index is 1450. The Morgan fingerprint density at radius 2 is 1.78 bits per heavy atom. The molecule has 0 fully saturated rings. The molecule has 1 atom stereocenters. The van der Waals surface area contributed by atoms with Crippen LogP contribution in [0.2, 0.25) is 0 Å². The van der Waals surface area contributed by atoms with Gasteiger partial charge in [0, 0.05) is 10.4 Å². The molecular formula is C25H20N4OS2. The van der Waals surface area contributed by atoms with Gasteiger partial charge in [-0.05, 0) is 55.0 Å². The number of aromatic nitrogens is 3. The van der Waals surface area contributed by atoms with Gasteiger partial charge in [0.25, 0.3) is 5.91 Å². The predicted octanol–water partition coefficient (Wildman–Crippen LogP) is 6.35. The number of nitrogens with one attached hydrogen (secondary N) is 1. The smallest absolute Gasteiger partial charge is 0.276 e. The number of carbonyl (C=O) groups excluding carboxylic acids is 1. The Hall–Kier alpha value is -3.16. The lowest BCUT2D eigenvalue weighted by Gasteiger charge is -2.18. The summed E-state index contributed by atoms with van der Waals surface area (Å²) in [7, 11) is 0. The van der Waals surface area contributed by atoms with Crippen LogP contribution in [0.25, 0.3) is 31.8 Å². The summed E-state index contributed by atoms with van der Waals surface area (Å²) in [6, 6.07) is 15.8. The highest BCUT2D eigenvalue weighted by Crippen LogP contribution is 2.47. The fraction of sp³-hybridized carbons (Fsp3) is 0.200. The minimum Gasteiger partial charge on any atom is -0.312 e. The third kappa shape index (κ3) is 3.38. The van der Waals surface area contributed by atoms with Crippen LogP contribution in [0.3, 0.4) is 0 Å². The van der Waals surface area contributed by atoms with E-state index in [9.17, 15) is 4.79 Å². The summed E-state index contributed by atoms with van der Waals surface area (Å²) in [6.07, 6.45) is 4.77. The fourth-order valence-electron chi connectivity index (χ4n) is 4.28. The van der Waals surface area contributed by atoms with Crippen molar-refractivity contribution < 1.29 is 4.79 Å². The van der Waals surface area contributed by atoms with Crippen LogP contribution in [0.15, 0.2) is 54.7 Å². The Kier molecular flexibility index (Phi) is 4.73. The quantitative estimate of drug-likeness (QED) is 0.344. The molecule has 1 aliphatic carbocycles. The fourth-order valence-corrected chi connectivity index (χ4v) is 6.79. The zero-order valence-electron chi connectivity index (χ0n) is 17.5. The second kappa shape index (κ2) is 7.76. The molecule has 0 bridgehead atoms. The molecule has 6 rings (SSSR count). The maximum absolute atomic E-state index is 13.2. The number of hydrogen-bond acceptors (Lipinski definition) is 6. The van der Waals surface area contributed by atoms with Crippen LogP contribution in [-0.4, -0.2) is 20.9 Å². The number of rotatable bonds is 3. The molecule has 3 aromatic heterocycles. The van der Waals surface area contributed by atoms with Crippen LogP contribution in [0, 0.1) is 5.92 Å². The van der Waals surface area contributed by atoms with Gasteiger partial charge in [0.2, 0.25) is 0 Å². The van der Waals surface area contributed by atoms with Gasteiger partial charge in [-0.15, -0.1) is 22.7 Å². The van der Waals surface area contributed by atoms with Gasteiger partial charge in [0.15, 0.2) is 0 Å². The molecule has 0 saturated carbocycles. The maximum atomic E-state index is 13.2. The van der Waals surface area contributed by atoms with Gasteiger partial charge < -0.3 is 5.32 Å². The summed E-state index contributed by atoms with van der Waals surface area (Å²) < 4.78 is 1.16. The van der Waals surface area contributed by atoms with Crippen molar-refractivity contribution in [2.45, 2.75) is 26.2 Å². The van der Waals surface area contributed by atoms with Gasteiger partial charge >= 0.3 is 0 Å². The van der Waals surface area contributed by atoms with Gasteiger partial charge in [0.1, 0.15) is 15.7 Å². The number of fused-ring (bicyclic) bond motifs is 3. The van der Waals surface area contributed by atoms with Crippen LogP contribution in [0.5, 0.6) is 0 Å². The van der Waals surface area contributed by atoms with E-state index in [1.807, 2.05) is 42.5 Å². The van der Waals surface area contributed by atoms with Crippen molar-refractivity contribution in [1.29, 1.82) is 0 Å². The lowest BCUT2D eigenvalue weighted by atomic mass is 9.88. The Morgan fingerprint density at radius 1 is 1.00 bits per heavy atom. The minimum atomic E-state index is -0.239. The minimum absolute atomic E-state index is 0.239. The first-order chi connectivity index (χ1) is 15.7. The summed E-state index contributed by atoms with van der Waals surface area (Å²) in [6.45, 7) is 2.29. The van der Waals surface area contributed by atoms with Crippen molar-refractivity contribution in [3.63, 3.8) is 0 Å². The molecule has 32 heavy (non-hydrogen) atoms. The molecule has 0 radical (unpaired) electrons. The molecule has 1 N–H and O–H groups in total. The van der Waals surface area contributed by atoms with Gasteiger partial charge in [-0.25, -0.2) is 9.97 Å². The van der Waals surface area contributed by atoms with E-state index in [0.29, 0.717) is 17.1 Å². The number of thiophene rings is 1. The molecule has 3 heterocycles. The molecule has 0 aliphatic heterocycles. The number of amides is 1. The molecule has 158 valence electrons. The molecule has 1 amide bonds. The number of anilines is 1. The average Bonchev–Trinajstić information content (AvgIpc) is 3.38. The van der Waals surface area contributed by atoms with Gasteiger partial charge in [-0.2, -0.15) is 0 Å². The van der Waals surface area contributed by atoms with Crippen LogP contribution in [0.4, 0.5) is 5.00 Å². The number of thiazole rings is 1. The van der Waals surface area contributed by atoms with Crippen molar-refractivity contribution in [3.8, 4) is 10.6 Å². The zero-order valence-corrected chi connectivity index (χ0v) is 19.1. The van der Waals surface area contributed by atoms with E-state index in [-0.39, 0.29) is 5.91 Å². The zero-order chi connectivity index (χ0) is 21.7. The summed E-state index contributed by atoms with van der Waals surface area (Å²) in [5.41, 5.74) is 5.23. The topological polar surface area (TPSA) is 67.8 Å². The number of hydrogen-bond donors (Lipinski definition) is 1.